The highest BCUT2D eigenvalue weighted by molar-refractivity contribution is 5.41. The zero-order valence-corrected chi connectivity index (χ0v) is 10.8. The van der Waals surface area contributed by atoms with Crippen molar-refractivity contribution in [2.45, 2.75) is 19.6 Å². The van der Waals surface area contributed by atoms with Crippen molar-refractivity contribution in [3.05, 3.63) is 35.8 Å². The van der Waals surface area contributed by atoms with Gasteiger partial charge in [-0.05, 0) is 18.6 Å². The molecule has 0 aliphatic rings. The van der Waals surface area contributed by atoms with Crippen molar-refractivity contribution < 1.29 is 9.84 Å². The van der Waals surface area contributed by atoms with Gasteiger partial charge in [-0.1, -0.05) is 6.07 Å². The third-order valence-corrected chi connectivity index (χ3v) is 2.78. The van der Waals surface area contributed by atoms with Crippen LogP contribution in [0.3, 0.4) is 0 Å². The van der Waals surface area contributed by atoms with Gasteiger partial charge in [-0.15, -0.1) is 0 Å². The lowest BCUT2D eigenvalue weighted by atomic mass is 10.3. The third kappa shape index (κ3) is 3.07. The lowest BCUT2D eigenvalue weighted by Gasteiger charge is -2.10. The highest BCUT2D eigenvalue weighted by Crippen LogP contribution is 2.08. The Labute approximate surface area is 106 Å². The van der Waals surface area contributed by atoms with Crippen LogP contribution in [-0.2, 0) is 11.3 Å². The molecule has 2 aromatic rings. The maximum absolute atomic E-state index is 9.53. The number of imidazole rings is 1. The minimum atomic E-state index is -0.476. The Balaban J connectivity index is 1.97. The topological polar surface area (TPSA) is 58.8 Å². The number of aryl methyl sites for hydroxylation is 1. The number of pyridine rings is 1. The minimum absolute atomic E-state index is 0.346. The Morgan fingerprint density at radius 2 is 2.33 bits per heavy atom. The van der Waals surface area contributed by atoms with E-state index < -0.39 is 6.10 Å². The lowest BCUT2D eigenvalue weighted by molar-refractivity contribution is 0.0643. The van der Waals surface area contributed by atoms with E-state index in [2.05, 4.69) is 27.8 Å². The first kappa shape index (κ1) is 13.0. The van der Waals surface area contributed by atoms with Crippen LogP contribution in [0.5, 0.6) is 0 Å². The number of hydrogen-bond acceptors (Lipinski definition) is 4. The zero-order chi connectivity index (χ0) is 13.0. The van der Waals surface area contributed by atoms with Crippen LogP contribution in [-0.4, -0.2) is 40.9 Å². The van der Waals surface area contributed by atoms with E-state index in [-0.39, 0.29) is 0 Å². The van der Waals surface area contributed by atoms with Gasteiger partial charge < -0.3 is 19.6 Å². The molecule has 2 rings (SSSR count). The lowest BCUT2D eigenvalue weighted by Crippen LogP contribution is -2.30. The molecule has 2 aromatic heterocycles. The molecule has 0 spiro atoms. The molecule has 0 saturated carbocycles. The fraction of sp³-hybridized carbons (Fsp3) is 0.462. The number of ether oxygens (including phenoxy) is 1. The van der Waals surface area contributed by atoms with Crippen molar-refractivity contribution in [2.75, 3.05) is 20.3 Å². The van der Waals surface area contributed by atoms with E-state index in [1.165, 1.54) is 5.56 Å². The van der Waals surface area contributed by atoms with Crippen LogP contribution in [0.4, 0.5) is 0 Å². The Morgan fingerprint density at radius 3 is 3.11 bits per heavy atom. The van der Waals surface area contributed by atoms with Crippen molar-refractivity contribution in [3.8, 4) is 0 Å². The van der Waals surface area contributed by atoms with E-state index in [0.29, 0.717) is 19.7 Å². The molecule has 5 nitrogen and oxygen atoms in total. The number of methoxy groups -OCH3 is 1. The van der Waals surface area contributed by atoms with Gasteiger partial charge in [0.15, 0.2) is 0 Å². The van der Waals surface area contributed by atoms with Gasteiger partial charge in [0.25, 0.3) is 0 Å². The van der Waals surface area contributed by atoms with E-state index >= 15 is 0 Å². The fourth-order valence-electron chi connectivity index (χ4n) is 1.89. The van der Waals surface area contributed by atoms with Crippen molar-refractivity contribution >= 4 is 5.65 Å². The quantitative estimate of drug-likeness (QED) is 0.793. The summed E-state index contributed by atoms with van der Waals surface area (Å²) in [7, 11) is 1.58. The number of fused-ring (bicyclic) bond motifs is 1. The Bertz CT molecular complexity index is 510. The molecule has 5 heteroatoms. The third-order valence-electron chi connectivity index (χ3n) is 2.78. The average molecular weight is 249 g/mol. The van der Waals surface area contributed by atoms with Crippen LogP contribution in [0.15, 0.2) is 24.5 Å². The minimum Gasteiger partial charge on any atom is -0.389 e. The van der Waals surface area contributed by atoms with Gasteiger partial charge in [0.05, 0.1) is 24.6 Å². The normalized spacial score (nSPS) is 13.1. The second-order valence-corrected chi connectivity index (χ2v) is 4.42. The van der Waals surface area contributed by atoms with Crippen molar-refractivity contribution in [2.24, 2.45) is 0 Å². The second kappa shape index (κ2) is 5.95. The molecule has 2 N–H and O–H groups in total. The number of hydrogen-bond donors (Lipinski definition) is 2. The fourth-order valence-corrected chi connectivity index (χ4v) is 1.89. The van der Waals surface area contributed by atoms with E-state index in [1.54, 1.807) is 7.11 Å². The second-order valence-electron chi connectivity index (χ2n) is 4.42. The summed E-state index contributed by atoms with van der Waals surface area (Å²) in [5, 5.41) is 12.7. The van der Waals surface area contributed by atoms with Gasteiger partial charge in [-0.3, -0.25) is 0 Å². The summed E-state index contributed by atoms with van der Waals surface area (Å²) in [5.41, 5.74) is 3.22. The summed E-state index contributed by atoms with van der Waals surface area (Å²) in [4.78, 5) is 4.33. The number of aliphatic hydroxyl groups excluding tert-OH is 1. The molecule has 2 heterocycles. The summed E-state index contributed by atoms with van der Waals surface area (Å²) >= 11 is 0. The first-order valence-electron chi connectivity index (χ1n) is 6.01. The molecule has 98 valence electrons. The Hall–Kier alpha value is -1.43. The molecule has 18 heavy (non-hydrogen) atoms. The molecule has 0 saturated heterocycles. The molecule has 0 aliphatic heterocycles. The summed E-state index contributed by atoms with van der Waals surface area (Å²) in [6, 6.07) is 4.04. The van der Waals surface area contributed by atoms with Crippen molar-refractivity contribution in [1.29, 1.82) is 0 Å². The summed E-state index contributed by atoms with van der Waals surface area (Å²) in [6.07, 6.45) is 3.44. The van der Waals surface area contributed by atoms with E-state index in [0.717, 1.165) is 11.3 Å². The Morgan fingerprint density at radius 1 is 1.50 bits per heavy atom. The standard InChI is InChI=1S/C13H19N3O2/c1-10-3-4-13-15-6-11(16(13)8-10)5-14-7-12(17)9-18-2/h3-4,6,8,12,14,17H,5,7,9H2,1-2H3. The number of nitrogens with one attached hydrogen (secondary N) is 1. The number of nitrogens with zero attached hydrogens (tertiary/aromatic N) is 2. The SMILES string of the molecule is COCC(O)CNCc1cnc2ccc(C)cn12. The van der Waals surface area contributed by atoms with Crippen LogP contribution >= 0.6 is 0 Å². The molecular formula is C13H19N3O2. The highest BCUT2D eigenvalue weighted by Gasteiger charge is 2.05. The van der Waals surface area contributed by atoms with E-state index in [4.69, 9.17) is 4.74 Å². The molecule has 0 bridgehead atoms. The van der Waals surface area contributed by atoms with Crippen LogP contribution in [0, 0.1) is 6.92 Å². The summed E-state index contributed by atoms with van der Waals surface area (Å²) < 4.78 is 6.93. The first-order chi connectivity index (χ1) is 8.70. The molecule has 0 fully saturated rings. The maximum atomic E-state index is 9.53. The zero-order valence-electron chi connectivity index (χ0n) is 10.8. The van der Waals surface area contributed by atoms with E-state index in [9.17, 15) is 5.11 Å². The first-order valence-corrected chi connectivity index (χ1v) is 6.01. The van der Waals surface area contributed by atoms with Gasteiger partial charge in [0.2, 0.25) is 0 Å². The average Bonchev–Trinajstić information content (AvgIpc) is 2.72. The van der Waals surface area contributed by atoms with Crippen molar-refractivity contribution in [3.63, 3.8) is 0 Å². The summed E-state index contributed by atoms with van der Waals surface area (Å²) in [6.45, 7) is 3.58. The molecule has 0 amide bonds. The molecule has 0 aromatic carbocycles. The van der Waals surface area contributed by atoms with Crippen LogP contribution < -0.4 is 5.32 Å². The van der Waals surface area contributed by atoms with Gasteiger partial charge in [0, 0.05) is 26.4 Å². The maximum Gasteiger partial charge on any atom is 0.136 e. The molecular weight excluding hydrogens is 230 g/mol. The smallest absolute Gasteiger partial charge is 0.136 e. The van der Waals surface area contributed by atoms with Crippen LogP contribution in [0.2, 0.25) is 0 Å². The number of rotatable bonds is 6. The predicted octanol–water partition coefficient (Wildman–Crippen LogP) is 0.740. The number of aromatic nitrogens is 2. The highest BCUT2D eigenvalue weighted by atomic mass is 16.5. The molecule has 1 unspecified atom stereocenters. The van der Waals surface area contributed by atoms with Crippen molar-refractivity contribution in [1.82, 2.24) is 14.7 Å². The molecule has 0 radical (unpaired) electrons. The van der Waals surface area contributed by atoms with Gasteiger partial charge in [-0.2, -0.15) is 0 Å². The molecule has 0 aliphatic carbocycles. The predicted molar refractivity (Wildman–Crippen MR) is 69.5 cm³/mol. The monoisotopic (exact) mass is 249 g/mol. The van der Waals surface area contributed by atoms with Gasteiger partial charge >= 0.3 is 0 Å². The largest absolute Gasteiger partial charge is 0.389 e. The van der Waals surface area contributed by atoms with Gasteiger partial charge in [-0.25, -0.2) is 4.98 Å². The van der Waals surface area contributed by atoms with E-state index in [1.807, 2.05) is 18.3 Å². The number of aliphatic hydroxyl groups is 1. The molecule has 1 atom stereocenters. The Kier molecular flexibility index (Phi) is 4.30. The summed E-state index contributed by atoms with van der Waals surface area (Å²) in [5.74, 6) is 0. The van der Waals surface area contributed by atoms with Gasteiger partial charge in [0.1, 0.15) is 5.65 Å². The van der Waals surface area contributed by atoms with Crippen LogP contribution in [0.1, 0.15) is 11.3 Å². The van der Waals surface area contributed by atoms with Crippen LogP contribution in [0.25, 0.3) is 5.65 Å².